The first-order valence-corrected chi connectivity index (χ1v) is 8.82. The van der Waals surface area contributed by atoms with Crippen LogP contribution in [0.1, 0.15) is 50.1 Å². The van der Waals surface area contributed by atoms with Crippen molar-refractivity contribution in [2.24, 2.45) is 5.73 Å². The molecule has 2 aliphatic carbocycles. The number of carbonyl (C=O) groups is 1. The number of rotatable bonds is 3. The van der Waals surface area contributed by atoms with Crippen LogP contribution in [0, 0.1) is 0 Å². The van der Waals surface area contributed by atoms with E-state index in [2.05, 4.69) is 10.4 Å². The molecule has 29 heavy (non-hydrogen) atoms. The Bertz CT molecular complexity index is 780. The van der Waals surface area contributed by atoms with Crippen molar-refractivity contribution in [3.63, 3.8) is 0 Å². The maximum absolute atomic E-state index is 13.0. The van der Waals surface area contributed by atoms with E-state index >= 15 is 0 Å². The van der Waals surface area contributed by atoms with Crippen molar-refractivity contribution in [1.82, 2.24) is 9.78 Å². The normalized spacial score (nSPS) is 22.4. The average molecular weight is 430 g/mol. The van der Waals surface area contributed by atoms with Crippen molar-refractivity contribution < 1.29 is 36.2 Å². The van der Waals surface area contributed by atoms with Gasteiger partial charge in [-0.1, -0.05) is 0 Å². The molecule has 0 unspecified atom stereocenters. The van der Waals surface area contributed by atoms with E-state index in [0.29, 0.717) is 12.8 Å². The molecule has 1 heterocycles. The van der Waals surface area contributed by atoms with Gasteiger partial charge in [0.15, 0.2) is 0 Å². The van der Waals surface area contributed by atoms with Crippen molar-refractivity contribution in [1.29, 1.82) is 0 Å². The van der Waals surface area contributed by atoms with E-state index < -0.39 is 29.4 Å². The summed E-state index contributed by atoms with van der Waals surface area (Å²) in [6.45, 7) is 0. The standard InChI is InChI=1S/C14H19F3N4O.C2HF3O2/c15-14(16,17)11-7-12(19-9-3-1-8(18)2-4-9)20-21(13(11)22)10-5-6-10;3-2(4,5)1(6)7/h7-10H,1-6,18H2,(H,19,20);(H,6,7). The predicted molar refractivity (Wildman–Crippen MR) is 89.3 cm³/mol. The molecule has 0 atom stereocenters. The third-order valence-corrected chi connectivity index (χ3v) is 4.50. The van der Waals surface area contributed by atoms with Crippen LogP contribution in [0.3, 0.4) is 0 Å². The minimum Gasteiger partial charge on any atom is -0.475 e. The second-order valence-corrected chi connectivity index (χ2v) is 6.98. The van der Waals surface area contributed by atoms with Crippen LogP contribution in [0.5, 0.6) is 0 Å². The zero-order valence-electron chi connectivity index (χ0n) is 15.1. The Morgan fingerprint density at radius 2 is 1.62 bits per heavy atom. The first-order valence-electron chi connectivity index (χ1n) is 8.82. The lowest BCUT2D eigenvalue weighted by Gasteiger charge is -2.27. The maximum Gasteiger partial charge on any atom is 0.490 e. The molecular weight excluding hydrogens is 410 g/mol. The van der Waals surface area contributed by atoms with Crippen LogP contribution in [-0.4, -0.2) is 39.1 Å². The third-order valence-electron chi connectivity index (χ3n) is 4.50. The summed E-state index contributed by atoms with van der Waals surface area (Å²) >= 11 is 0. The van der Waals surface area contributed by atoms with Gasteiger partial charge in [-0.05, 0) is 38.5 Å². The first-order chi connectivity index (χ1) is 13.3. The minimum absolute atomic E-state index is 0.0542. The molecule has 164 valence electrons. The highest BCUT2D eigenvalue weighted by atomic mass is 19.4. The lowest BCUT2D eigenvalue weighted by Crippen LogP contribution is -2.35. The van der Waals surface area contributed by atoms with Gasteiger partial charge >= 0.3 is 18.3 Å². The van der Waals surface area contributed by atoms with Gasteiger partial charge in [0.2, 0.25) is 0 Å². The van der Waals surface area contributed by atoms with Crippen LogP contribution in [0.15, 0.2) is 10.9 Å². The third kappa shape index (κ3) is 6.61. The van der Waals surface area contributed by atoms with Crippen LogP contribution in [0.25, 0.3) is 0 Å². The zero-order chi connectivity index (χ0) is 22.0. The molecule has 0 aromatic carbocycles. The summed E-state index contributed by atoms with van der Waals surface area (Å²) in [5.74, 6) is -2.63. The number of nitrogens with zero attached hydrogens (tertiary/aromatic N) is 2. The second kappa shape index (κ2) is 8.59. The van der Waals surface area contributed by atoms with Gasteiger partial charge in [-0.25, -0.2) is 9.48 Å². The van der Waals surface area contributed by atoms with E-state index in [-0.39, 0.29) is 23.9 Å². The Hall–Kier alpha value is -2.31. The highest BCUT2D eigenvalue weighted by Crippen LogP contribution is 2.35. The van der Waals surface area contributed by atoms with Gasteiger partial charge in [-0.2, -0.15) is 31.4 Å². The molecule has 1 aromatic rings. The SMILES string of the molecule is NC1CCC(Nc2cc(C(F)(F)F)c(=O)n(C3CC3)n2)CC1.O=C(O)C(F)(F)F. The number of aliphatic carboxylic acids is 1. The van der Waals surface area contributed by atoms with Gasteiger partial charge in [-0.15, -0.1) is 0 Å². The molecule has 2 aliphatic rings. The molecule has 0 saturated heterocycles. The number of halogens is 6. The number of nitrogens with two attached hydrogens (primary N) is 1. The number of alkyl halides is 6. The van der Waals surface area contributed by atoms with E-state index in [1.807, 2.05) is 0 Å². The highest BCUT2D eigenvalue weighted by Gasteiger charge is 2.39. The van der Waals surface area contributed by atoms with Crippen LogP contribution in [-0.2, 0) is 11.0 Å². The summed E-state index contributed by atoms with van der Waals surface area (Å²) in [6, 6.07) is 0.848. The summed E-state index contributed by atoms with van der Waals surface area (Å²) in [4.78, 5) is 20.8. The van der Waals surface area contributed by atoms with Crippen molar-refractivity contribution >= 4 is 11.8 Å². The Labute approximate surface area is 160 Å². The summed E-state index contributed by atoms with van der Waals surface area (Å²) < 4.78 is 71.8. The van der Waals surface area contributed by atoms with Gasteiger partial charge in [0.05, 0.1) is 6.04 Å². The summed E-state index contributed by atoms with van der Waals surface area (Å²) in [6.07, 6.45) is -5.07. The molecule has 2 saturated carbocycles. The quantitative estimate of drug-likeness (QED) is 0.636. The van der Waals surface area contributed by atoms with Crippen LogP contribution >= 0.6 is 0 Å². The topological polar surface area (TPSA) is 110 Å². The van der Waals surface area contributed by atoms with Crippen molar-refractivity contribution in [2.45, 2.75) is 69.0 Å². The van der Waals surface area contributed by atoms with Crippen LogP contribution < -0.4 is 16.6 Å². The summed E-state index contributed by atoms with van der Waals surface area (Å²) in [5, 5.41) is 14.2. The molecule has 0 spiro atoms. The van der Waals surface area contributed by atoms with Gasteiger partial charge in [-0.3, -0.25) is 4.79 Å². The van der Waals surface area contributed by atoms with Gasteiger partial charge in [0.25, 0.3) is 5.56 Å². The Morgan fingerprint density at radius 3 is 2.03 bits per heavy atom. The van der Waals surface area contributed by atoms with E-state index in [4.69, 9.17) is 15.6 Å². The lowest BCUT2D eigenvalue weighted by molar-refractivity contribution is -0.192. The number of aromatic nitrogens is 2. The smallest absolute Gasteiger partial charge is 0.475 e. The maximum atomic E-state index is 13.0. The summed E-state index contributed by atoms with van der Waals surface area (Å²) in [7, 11) is 0. The van der Waals surface area contributed by atoms with Crippen LogP contribution in [0.4, 0.5) is 32.2 Å². The van der Waals surface area contributed by atoms with Gasteiger partial charge in [0.1, 0.15) is 11.4 Å². The zero-order valence-corrected chi connectivity index (χ0v) is 15.1. The number of nitrogens with one attached hydrogen (secondary N) is 1. The molecule has 7 nitrogen and oxygen atoms in total. The molecule has 0 aliphatic heterocycles. The van der Waals surface area contributed by atoms with Crippen LogP contribution in [0.2, 0.25) is 0 Å². The monoisotopic (exact) mass is 430 g/mol. The molecule has 1 aromatic heterocycles. The highest BCUT2D eigenvalue weighted by molar-refractivity contribution is 5.73. The fraction of sp³-hybridized carbons (Fsp3) is 0.688. The average Bonchev–Trinajstić information content (AvgIpc) is 3.42. The molecule has 3 rings (SSSR count). The fourth-order valence-electron chi connectivity index (χ4n) is 2.83. The van der Waals surface area contributed by atoms with Crippen molar-refractivity contribution in [2.75, 3.05) is 5.32 Å². The molecule has 0 radical (unpaired) electrons. The van der Waals surface area contributed by atoms with E-state index in [9.17, 15) is 31.1 Å². The minimum atomic E-state index is -5.08. The number of carboxylic acid groups (broad SMARTS) is 1. The van der Waals surface area contributed by atoms with Crippen molar-refractivity contribution in [3.05, 3.63) is 22.0 Å². The molecule has 0 amide bonds. The first kappa shape index (κ1) is 23.0. The number of anilines is 1. The molecule has 0 bridgehead atoms. The Kier molecular flexibility index (Phi) is 6.81. The fourth-order valence-corrected chi connectivity index (χ4v) is 2.83. The summed E-state index contributed by atoms with van der Waals surface area (Å²) in [5.41, 5.74) is 3.63. The van der Waals surface area contributed by atoms with Gasteiger partial charge in [0, 0.05) is 18.2 Å². The number of carboxylic acids is 1. The van der Waals surface area contributed by atoms with E-state index in [1.54, 1.807) is 0 Å². The lowest BCUT2D eigenvalue weighted by atomic mass is 9.92. The number of hydrogen-bond donors (Lipinski definition) is 3. The van der Waals surface area contributed by atoms with E-state index in [1.165, 1.54) is 0 Å². The van der Waals surface area contributed by atoms with E-state index in [0.717, 1.165) is 36.4 Å². The molecule has 4 N–H and O–H groups in total. The largest absolute Gasteiger partial charge is 0.490 e. The van der Waals surface area contributed by atoms with Crippen molar-refractivity contribution in [3.8, 4) is 0 Å². The number of hydrogen-bond acceptors (Lipinski definition) is 5. The molecular formula is C16H20F6N4O3. The van der Waals surface area contributed by atoms with Gasteiger partial charge < -0.3 is 16.2 Å². The Morgan fingerprint density at radius 1 is 1.10 bits per heavy atom. The molecule has 2 fully saturated rings. The predicted octanol–water partition coefficient (Wildman–Crippen LogP) is 2.91. The molecule has 13 heteroatoms. The second-order valence-electron chi connectivity index (χ2n) is 6.98. The Balaban J connectivity index is 0.000000370.